The van der Waals surface area contributed by atoms with E-state index in [1.54, 1.807) is 0 Å². The van der Waals surface area contributed by atoms with Gasteiger partial charge in [-0.15, -0.1) is 0 Å². The molecule has 1 saturated heterocycles. The van der Waals surface area contributed by atoms with Gasteiger partial charge in [0.05, 0.1) is 0 Å². The molecule has 3 heteroatoms. The molecule has 1 aliphatic heterocycles. The summed E-state index contributed by atoms with van der Waals surface area (Å²) in [5.74, 6) is 1.57. The summed E-state index contributed by atoms with van der Waals surface area (Å²) in [7, 11) is 0. The summed E-state index contributed by atoms with van der Waals surface area (Å²) in [6.07, 6.45) is 2.42. The van der Waals surface area contributed by atoms with E-state index in [-0.39, 0.29) is 11.9 Å². The highest BCUT2D eigenvalue weighted by molar-refractivity contribution is 5.88. The first kappa shape index (κ1) is 9.00. The zero-order chi connectivity index (χ0) is 9.59. The molecule has 74 valence electrons. The summed E-state index contributed by atoms with van der Waals surface area (Å²) in [4.78, 5) is 13.4. The molecule has 0 aromatic carbocycles. The van der Waals surface area contributed by atoms with Gasteiger partial charge in [0, 0.05) is 12.6 Å². The van der Waals surface area contributed by atoms with E-state index in [1.807, 2.05) is 4.90 Å². The monoisotopic (exact) mass is 182 g/mol. The smallest absolute Gasteiger partial charge is 0.241 e. The summed E-state index contributed by atoms with van der Waals surface area (Å²) in [6.45, 7) is 5.30. The molecule has 0 aromatic rings. The van der Waals surface area contributed by atoms with Gasteiger partial charge in [-0.3, -0.25) is 4.79 Å². The SMILES string of the molecule is CC1CCC(N2CC(N)C2=O)C1C. The number of β-lactam (4-membered cyclic amide) rings is 1. The summed E-state index contributed by atoms with van der Waals surface area (Å²) in [5.41, 5.74) is 5.57. The van der Waals surface area contributed by atoms with Crippen molar-refractivity contribution >= 4 is 5.91 Å². The van der Waals surface area contributed by atoms with E-state index in [0.29, 0.717) is 12.0 Å². The largest absolute Gasteiger partial charge is 0.336 e. The third-order valence-electron chi connectivity index (χ3n) is 3.82. The molecule has 2 fully saturated rings. The van der Waals surface area contributed by atoms with Crippen molar-refractivity contribution in [2.24, 2.45) is 17.6 Å². The minimum Gasteiger partial charge on any atom is -0.336 e. The molecule has 2 aliphatic rings. The van der Waals surface area contributed by atoms with Crippen molar-refractivity contribution in [1.29, 1.82) is 0 Å². The Hall–Kier alpha value is -0.570. The topological polar surface area (TPSA) is 46.3 Å². The molecular weight excluding hydrogens is 164 g/mol. The van der Waals surface area contributed by atoms with Crippen molar-refractivity contribution in [3.63, 3.8) is 0 Å². The van der Waals surface area contributed by atoms with Gasteiger partial charge in [-0.2, -0.15) is 0 Å². The van der Waals surface area contributed by atoms with Gasteiger partial charge in [0.1, 0.15) is 6.04 Å². The normalized spacial score (nSPS) is 45.2. The first-order valence-corrected chi connectivity index (χ1v) is 5.17. The van der Waals surface area contributed by atoms with Gasteiger partial charge >= 0.3 is 0 Å². The van der Waals surface area contributed by atoms with Crippen molar-refractivity contribution in [2.75, 3.05) is 6.54 Å². The highest BCUT2D eigenvalue weighted by atomic mass is 16.2. The molecular formula is C10H18N2O. The molecule has 1 saturated carbocycles. The molecule has 0 bridgehead atoms. The standard InChI is InChI=1S/C10H18N2O/c1-6-3-4-9(7(6)2)12-5-8(11)10(12)13/h6-9H,3-5,11H2,1-2H3. The van der Waals surface area contributed by atoms with Crippen LogP contribution in [0.15, 0.2) is 0 Å². The summed E-state index contributed by atoms with van der Waals surface area (Å²) in [5, 5.41) is 0. The quantitative estimate of drug-likeness (QED) is 0.603. The minimum atomic E-state index is -0.205. The van der Waals surface area contributed by atoms with E-state index < -0.39 is 0 Å². The Morgan fingerprint density at radius 2 is 2.08 bits per heavy atom. The zero-order valence-electron chi connectivity index (χ0n) is 8.36. The highest BCUT2D eigenvalue weighted by Gasteiger charge is 2.43. The lowest BCUT2D eigenvalue weighted by atomic mass is 9.94. The van der Waals surface area contributed by atoms with Crippen LogP contribution < -0.4 is 5.73 Å². The first-order valence-electron chi connectivity index (χ1n) is 5.17. The van der Waals surface area contributed by atoms with Crippen LogP contribution in [-0.2, 0) is 4.79 Å². The number of likely N-dealkylation sites (tertiary alicyclic amines) is 1. The van der Waals surface area contributed by atoms with Crippen molar-refractivity contribution in [1.82, 2.24) is 4.90 Å². The summed E-state index contributed by atoms with van der Waals surface area (Å²) in [6, 6.07) is 0.269. The van der Waals surface area contributed by atoms with Crippen LogP contribution in [0.4, 0.5) is 0 Å². The van der Waals surface area contributed by atoms with Crippen LogP contribution in [0, 0.1) is 11.8 Å². The fourth-order valence-corrected chi connectivity index (χ4v) is 2.56. The average Bonchev–Trinajstić information content (AvgIpc) is 2.44. The molecule has 1 amide bonds. The van der Waals surface area contributed by atoms with Crippen LogP contribution in [0.1, 0.15) is 26.7 Å². The minimum absolute atomic E-state index is 0.158. The molecule has 2 rings (SSSR count). The predicted octanol–water partition coefficient (Wildman–Crippen LogP) is 0.591. The van der Waals surface area contributed by atoms with Gasteiger partial charge in [-0.25, -0.2) is 0 Å². The third-order valence-corrected chi connectivity index (χ3v) is 3.82. The fourth-order valence-electron chi connectivity index (χ4n) is 2.56. The number of hydrogen-bond donors (Lipinski definition) is 1. The van der Waals surface area contributed by atoms with Crippen LogP contribution in [0.5, 0.6) is 0 Å². The van der Waals surface area contributed by atoms with Gasteiger partial charge in [-0.1, -0.05) is 13.8 Å². The van der Waals surface area contributed by atoms with Gasteiger partial charge in [0.15, 0.2) is 0 Å². The Morgan fingerprint density at radius 1 is 1.38 bits per heavy atom. The van der Waals surface area contributed by atoms with Crippen LogP contribution in [-0.4, -0.2) is 29.4 Å². The molecule has 0 spiro atoms. The molecule has 1 aliphatic carbocycles. The highest BCUT2D eigenvalue weighted by Crippen LogP contribution is 2.36. The van der Waals surface area contributed by atoms with E-state index >= 15 is 0 Å². The number of nitrogens with zero attached hydrogens (tertiary/aromatic N) is 1. The molecule has 3 nitrogen and oxygen atoms in total. The Balaban J connectivity index is 1.99. The fraction of sp³-hybridized carbons (Fsp3) is 0.900. The van der Waals surface area contributed by atoms with Gasteiger partial charge in [-0.05, 0) is 24.7 Å². The number of carbonyl (C=O) groups is 1. The number of rotatable bonds is 1. The predicted molar refractivity (Wildman–Crippen MR) is 51.0 cm³/mol. The van der Waals surface area contributed by atoms with Crippen LogP contribution in [0.25, 0.3) is 0 Å². The van der Waals surface area contributed by atoms with Crippen LogP contribution in [0.2, 0.25) is 0 Å². The Morgan fingerprint density at radius 3 is 2.46 bits per heavy atom. The van der Waals surface area contributed by atoms with Crippen LogP contribution >= 0.6 is 0 Å². The third kappa shape index (κ3) is 1.26. The van der Waals surface area contributed by atoms with Crippen molar-refractivity contribution < 1.29 is 4.79 Å². The summed E-state index contributed by atoms with van der Waals surface area (Å²) >= 11 is 0. The van der Waals surface area contributed by atoms with E-state index in [2.05, 4.69) is 13.8 Å². The van der Waals surface area contributed by atoms with Gasteiger partial charge < -0.3 is 10.6 Å². The number of nitrogens with two attached hydrogens (primary N) is 1. The maximum atomic E-state index is 11.4. The van der Waals surface area contributed by atoms with E-state index in [0.717, 1.165) is 12.5 Å². The molecule has 13 heavy (non-hydrogen) atoms. The second kappa shape index (κ2) is 2.98. The van der Waals surface area contributed by atoms with Crippen molar-refractivity contribution in [3.05, 3.63) is 0 Å². The zero-order valence-corrected chi connectivity index (χ0v) is 8.36. The maximum absolute atomic E-state index is 11.4. The average molecular weight is 182 g/mol. The van der Waals surface area contributed by atoms with Crippen LogP contribution in [0.3, 0.4) is 0 Å². The molecule has 1 heterocycles. The Bertz CT molecular complexity index is 229. The second-order valence-corrected chi connectivity index (χ2v) is 4.58. The van der Waals surface area contributed by atoms with Gasteiger partial charge in [0.25, 0.3) is 0 Å². The van der Waals surface area contributed by atoms with E-state index in [4.69, 9.17) is 5.73 Å². The first-order chi connectivity index (χ1) is 6.11. The number of carbonyl (C=O) groups excluding carboxylic acids is 1. The van der Waals surface area contributed by atoms with Gasteiger partial charge in [0.2, 0.25) is 5.91 Å². The molecule has 0 radical (unpaired) electrons. The maximum Gasteiger partial charge on any atom is 0.241 e. The number of hydrogen-bond acceptors (Lipinski definition) is 2. The lowest BCUT2D eigenvalue weighted by Crippen LogP contribution is -2.64. The number of amides is 1. The van der Waals surface area contributed by atoms with Crippen molar-refractivity contribution in [3.8, 4) is 0 Å². The summed E-state index contributed by atoms with van der Waals surface area (Å²) < 4.78 is 0. The van der Waals surface area contributed by atoms with Crippen molar-refractivity contribution in [2.45, 2.75) is 38.8 Å². The lowest BCUT2D eigenvalue weighted by Gasteiger charge is -2.42. The van der Waals surface area contributed by atoms with E-state index in [1.165, 1.54) is 12.8 Å². The molecule has 4 atom stereocenters. The molecule has 0 aromatic heterocycles. The Labute approximate surface area is 79.3 Å². The second-order valence-electron chi connectivity index (χ2n) is 4.58. The lowest BCUT2D eigenvalue weighted by molar-refractivity contribution is -0.146. The molecule has 2 N–H and O–H groups in total. The molecule has 4 unspecified atom stereocenters. The van der Waals surface area contributed by atoms with E-state index in [9.17, 15) is 4.79 Å². The Kier molecular flexibility index (Phi) is 2.06.